The van der Waals surface area contributed by atoms with Crippen molar-refractivity contribution in [3.05, 3.63) is 12.2 Å². The molecule has 17 heavy (non-hydrogen) atoms. The van der Waals surface area contributed by atoms with E-state index < -0.39 is 11.5 Å². The topological polar surface area (TPSA) is 64.6 Å². The van der Waals surface area contributed by atoms with Crippen LogP contribution in [-0.4, -0.2) is 30.8 Å². The number of carbonyl (C=O) groups is 2. The molecule has 1 heterocycles. The molecule has 1 N–H and O–H groups in total. The van der Waals surface area contributed by atoms with Crippen LogP contribution in [0.2, 0.25) is 0 Å². The van der Waals surface area contributed by atoms with Crippen LogP contribution in [0.3, 0.4) is 0 Å². The Hall–Kier alpha value is -1.52. The molecule has 1 fully saturated rings. The molecular formula is C12H19NO4. The van der Waals surface area contributed by atoms with Crippen molar-refractivity contribution in [2.45, 2.75) is 39.8 Å². The molecule has 0 radical (unpaired) electrons. The maximum Gasteiger partial charge on any atom is 0.407 e. The van der Waals surface area contributed by atoms with Crippen LogP contribution in [0.15, 0.2) is 12.2 Å². The van der Waals surface area contributed by atoms with E-state index >= 15 is 0 Å². The Morgan fingerprint density at radius 3 is 2.71 bits per heavy atom. The maximum atomic E-state index is 11.6. The summed E-state index contributed by atoms with van der Waals surface area (Å²) < 4.78 is 9.95. The fourth-order valence-corrected chi connectivity index (χ4v) is 1.18. The van der Waals surface area contributed by atoms with Gasteiger partial charge in [0.2, 0.25) is 0 Å². The Morgan fingerprint density at radius 1 is 1.59 bits per heavy atom. The van der Waals surface area contributed by atoms with Crippen molar-refractivity contribution in [1.82, 2.24) is 5.32 Å². The summed E-state index contributed by atoms with van der Waals surface area (Å²) in [4.78, 5) is 22.3. The molecule has 0 aliphatic carbocycles. The molecule has 1 saturated heterocycles. The van der Waals surface area contributed by atoms with Crippen LogP contribution in [0.4, 0.5) is 4.79 Å². The van der Waals surface area contributed by atoms with Gasteiger partial charge in [-0.3, -0.25) is 4.79 Å². The van der Waals surface area contributed by atoms with E-state index in [1.165, 1.54) is 0 Å². The van der Waals surface area contributed by atoms with Crippen molar-refractivity contribution in [2.24, 2.45) is 5.41 Å². The van der Waals surface area contributed by atoms with E-state index in [1.54, 1.807) is 39.8 Å². The molecule has 0 aromatic carbocycles. The van der Waals surface area contributed by atoms with Gasteiger partial charge in [0.25, 0.3) is 0 Å². The van der Waals surface area contributed by atoms with Crippen molar-refractivity contribution >= 4 is 12.1 Å². The number of rotatable bonds is 3. The van der Waals surface area contributed by atoms with Gasteiger partial charge in [-0.25, -0.2) is 4.79 Å². The second kappa shape index (κ2) is 5.21. The van der Waals surface area contributed by atoms with Crippen LogP contribution in [0.25, 0.3) is 0 Å². The summed E-state index contributed by atoms with van der Waals surface area (Å²) in [6.07, 6.45) is 2.77. The monoisotopic (exact) mass is 241 g/mol. The first kappa shape index (κ1) is 13.5. The number of hydrogen-bond acceptors (Lipinski definition) is 4. The van der Waals surface area contributed by atoms with Gasteiger partial charge in [0.1, 0.15) is 12.7 Å². The minimum atomic E-state index is -0.507. The van der Waals surface area contributed by atoms with Crippen LogP contribution >= 0.6 is 0 Å². The Kier molecular flexibility index (Phi) is 4.15. The Bertz CT molecular complexity index is 330. The van der Waals surface area contributed by atoms with Crippen molar-refractivity contribution in [1.29, 1.82) is 0 Å². The largest absolute Gasteiger partial charge is 0.458 e. The average molecular weight is 241 g/mol. The van der Waals surface area contributed by atoms with Gasteiger partial charge < -0.3 is 14.8 Å². The quantitative estimate of drug-likeness (QED) is 0.602. The second-order valence-corrected chi connectivity index (χ2v) is 5.09. The summed E-state index contributed by atoms with van der Waals surface area (Å²) in [6, 6.07) is -0.140. The highest BCUT2D eigenvalue weighted by molar-refractivity contribution is 5.75. The lowest BCUT2D eigenvalue weighted by molar-refractivity contribution is -0.155. The molecule has 0 aromatic rings. The van der Waals surface area contributed by atoms with Crippen molar-refractivity contribution < 1.29 is 19.1 Å². The highest BCUT2D eigenvalue weighted by atomic mass is 16.6. The minimum Gasteiger partial charge on any atom is -0.458 e. The second-order valence-electron chi connectivity index (χ2n) is 5.09. The maximum absolute atomic E-state index is 11.6. The summed E-state index contributed by atoms with van der Waals surface area (Å²) in [5, 5.41) is 2.60. The number of amides is 1. The zero-order valence-electron chi connectivity index (χ0n) is 10.6. The zero-order chi connectivity index (χ0) is 13.1. The molecule has 5 nitrogen and oxygen atoms in total. The number of cyclic esters (lactones) is 1. The SMILES string of the molecule is C[C@@H](/C=C/[C@H]1COC(=O)N1)OC(=O)C(C)(C)C. The van der Waals surface area contributed by atoms with Crippen LogP contribution < -0.4 is 5.32 Å². The molecule has 1 aliphatic heterocycles. The van der Waals surface area contributed by atoms with E-state index in [0.29, 0.717) is 6.61 Å². The number of alkyl carbamates (subject to hydrolysis) is 1. The van der Waals surface area contributed by atoms with Gasteiger partial charge in [-0.1, -0.05) is 6.08 Å². The van der Waals surface area contributed by atoms with E-state index in [-0.39, 0.29) is 18.1 Å². The van der Waals surface area contributed by atoms with Crippen molar-refractivity contribution in [3.63, 3.8) is 0 Å². The number of ether oxygens (including phenoxy) is 2. The molecule has 0 unspecified atom stereocenters. The van der Waals surface area contributed by atoms with E-state index in [2.05, 4.69) is 5.32 Å². The van der Waals surface area contributed by atoms with Gasteiger partial charge in [-0.05, 0) is 33.8 Å². The van der Waals surface area contributed by atoms with Gasteiger partial charge >= 0.3 is 12.1 Å². The summed E-state index contributed by atoms with van der Waals surface area (Å²) in [7, 11) is 0. The Labute approximate surface area is 101 Å². The molecule has 1 rings (SSSR count). The lowest BCUT2D eigenvalue weighted by Crippen LogP contribution is -2.27. The third-order valence-corrected chi connectivity index (χ3v) is 2.22. The first-order valence-corrected chi connectivity index (χ1v) is 5.62. The average Bonchev–Trinajstić information content (AvgIpc) is 2.60. The molecule has 1 aliphatic rings. The van der Waals surface area contributed by atoms with Crippen LogP contribution in [0.1, 0.15) is 27.7 Å². The summed E-state index contributed by atoms with van der Waals surface area (Å²) in [6.45, 7) is 7.50. The van der Waals surface area contributed by atoms with Crippen molar-refractivity contribution in [3.8, 4) is 0 Å². The van der Waals surface area contributed by atoms with Gasteiger partial charge in [0.15, 0.2) is 0 Å². The van der Waals surface area contributed by atoms with Crippen LogP contribution in [-0.2, 0) is 14.3 Å². The van der Waals surface area contributed by atoms with Gasteiger partial charge in [-0.15, -0.1) is 0 Å². The Morgan fingerprint density at radius 2 is 2.24 bits per heavy atom. The van der Waals surface area contributed by atoms with E-state index in [4.69, 9.17) is 9.47 Å². The predicted molar refractivity (Wildman–Crippen MR) is 62.4 cm³/mol. The first-order chi connectivity index (χ1) is 7.79. The van der Waals surface area contributed by atoms with Gasteiger partial charge in [-0.2, -0.15) is 0 Å². The minimum absolute atomic E-state index is 0.140. The highest BCUT2D eigenvalue weighted by Gasteiger charge is 2.24. The number of nitrogens with one attached hydrogen (secondary N) is 1. The lowest BCUT2D eigenvalue weighted by Gasteiger charge is -2.19. The van der Waals surface area contributed by atoms with Gasteiger partial charge in [0.05, 0.1) is 11.5 Å². The van der Waals surface area contributed by atoms with E-state index in [9.17, 15) is 9.59 Å². The predicted octanol–water partition coefficient (Wildman–Crippen LogP) is 1.63. The molecule has 0 saturated carbocycles. The smallest absolute Gasteiger partial charge is 0.407 e. The van der Waals surface area contributed by atoms with E-state index in [1.807, 2.05) is 0 Å². The molecular weight excluding hydrogens is 222 g/mol. The zero-order valence-corrected chi connectivity index (χ0v) is 10.6. The summed E-state index contributed by atoms with van der Waals surface area (Å²) in [5.74, 6) is -0.249. The number of esters is 1. The molecule has 0 bridgehead atoms. The fourth-order valence-electron chi connectivity index (χ4n) is 1.18. The standard InChI is InChI=1S/C12H19NO4/c1-8(17-10(14)12(2,3)4)5-6-9-7-16-11(15)13-9/h5-6,8-9H,7H2,1-4H3,(H,13,15)/b6-5+/t8-,9-/m0/s1. The van der Waals surface area contributed by atoms with Crippen LogP contribution in [0.5, 0.6) is 0 Å². The molecule has 96 valence electrons. The molecule has 2 atom stereocenters. The summed E-state index contributed by atoms with van der Waals surface area (Å²) in [5.41, 5.74) is -0.507. The van der Waals surface area contributed by atoms with Crippen molar-refractivity contribution in [2.75, 3.05) is 6.61 Å². The molecule has 5 heteroatoms. The Balaban J connectivity index is 2.39. The lowest BCUT2D eigenvalue weighted by atomic mass is 9.97. The third-order valence-electron chi connectivity index (χ3n) is 2.22. The third kappa shape index (κ3) is 4.46. The molecule has 0 aromatic heterocycles. The fraction of sp³-hybridized carbons (Fsp3) is 0.667. The first-order valence-electron chi connectivity index (χ1n) is 5.62. The molecule has 0 spiro atoms. The van der Waals surface area contributed by atoms with E-state index in [0.717, 1.165) is 0 Å². The number of carbonyl (C=O) groups excluding carboxylic acids is 2. The van der Waals surface area contributed by atoms with Crippen LogP contribution in [0, 0.1) is 5.41 Å². The highest BCUT2D eigenvalue weighted by Crippen LogP contribution is 2.16. The van der Waals surface area contributed by atoms with Gasteiger partial charge in [0, 0.05) is 0 Å². The normalized spacial score (nSPS) is 22.1. The summed E-state index contributed by atoms with van der Waals surface area (Å²) >= 11 is 0. The number of hydrogen-bond donors (Lipinski definition) is 1. The molecule has 1 amide bonds.